The second-order valence-corrected chi connectivity index (χ2v) is 8.27. The van der Waals surface area contributed by atoms with Crippen LogP contribution in [0.1, 0.15) is 32.3 Å². The molecular formula is C21H33N3O2. The fourth-order valence-corrected chi connectivity index (χ4v) is 3.92. The Morgan fingerprint density at radius 3 is 2.62 bits per heavy atom. The van der Waals surface area contributed by atoms with Gasteiger partial charge in [-0.15, -0.1) is 0 Å². The molecule has 1 aromatic rings. The van der Waals surface area contributed by atoms with Gasteiger partial charge in [-0.05, 0) is 38.0 Å². The summed E-state index contributed by atoms with van der Waals surface area (Å²) >= 11 is 0. The summed E-state index contributed by atoms with van der Waals surface area (Å²) in [4.78, 5) is 19.3. The first-order chi connectivity index (χ1) is 12.3. The molecule has 2 fully saturated rings. The standard InChI is InChI=1S/C21H33N3O2/c1-17-5-4-6-19(15-17)23-13-11-22(12-14-23)9-7-20(25)24-10-8-21(3,26)18(2)16-24/h4-6,15,18,26H,7-14,16H2,1-3H3/t18-,21+/m1/s1. The first-order valence-corrected chi connectivity index (χ1v) is 9.89. The van der Waals surface area contributed by atoms with Crippen molar-refractivity contribution in [3.05, 3.63) is 29.8 Å². The minimum atomic E-state index is -0.636. The zero-order chi connectivity index (χ0) is 18.7. The predicted molar refractivity (Wildman–Crippen MR) is 105 cm³/mol. The molecule has 5 heteroatoms. The molecule has 1 amide bonds. The van der Waals surface area contributed by atoms with E-state index in [-0.39, 0.29) is 11.8 Å². The molecule has 0 unspecified atom stereocenters. The normalized spacial score (nSPS) is 27.6. The van der Waals surface area contributed by atoms with Gasteiger partial charge in [0.25, 0.3) is 0 Å². The Morgan fingerprint density at radius 2 is 1.96 bits per heavy atom. The average molecular weight is 360 g/mol. The molecule has 144 valence electrons. The SMILES string of the molecule is Cc1cccc(N2CCN(CCC(=O)N3CC[C@](C)(O)[C@H](C)C3)CC2)c1. The van der Waals surface area contributed by atoms with Gasteiger partial charge >= 0.3 is 0 Å². The maximum Gasteiger partial charge on any atom is 0.223 e. The number of aliphatic hydroxyl groups is 1. The predicted octanol–water partition coefficient (Wildman–Crippen LogP) is 2.13. The van der Waals surface area contributed by atoms with E-state index < -0.39 is 5.60 Å². The van der Waals surface area contributed by atoms with E-state index in [1.807, 2.05) is 18.7 Å². The Morgan fingerprint density at radius 1 is 1.23 bits per heavy atom. The molecule has 26 heavy (non-hydrogen) atoms. The third-order valence-electron chi connectivity index (χ3n) is 6.18. The van der Waals surface area contributed by atoms with Crippen LogP contribution in [-0.2, 0) is 4.79 Å². The molecule has 0 aromatic heterocycles. The van der Waals surface area contributed by atoms with Gasteiger partial charge in [-0.25, -0.2) is 0 Å². The van der Waals surface area contributed by atoms with Crippen LogP contribution in [0, 0.1) is 12.8 Å². The topological polar surface area (TPSA) is 47.0 Å². The van der Waals surface area contributed by atoms with E-state index in [2.05, 4.69) is 41.0 Å². The molecule has 2 heterocycles. The number of anilines is 1. The van der Waals surface area contributed by atoms with E-state index in [0.717, 1.165) is 32.7 Å². The van der Waals surface area contributed by atoms with E-state index in [9.17, 15) is 9.90 Å². The van der Waals surface area contributed by atoms with Gasteiger partial charge in [0, 0.05) is 63.8 Å². The fourth-order valence-electron chi connectivity index (χ4n) is 3.92. The van der Waals surface area contributed by atoms with E-state index in [1.165, 1.54) is 11.3 Å². The second-order valence-electron chi connectivity index (χ2n) is 8.27. The molecule has 2 aliphatic rings. The lowest BCUT2D eigenvalue weighted by molar-refractivity contribution is -0.138. The van der Waals surface area contributed by atoms with Crippen LogP contribution in [0.5, 0.6) is 0 Å². The van der Waals surface area contributed by atoms with Crippen LogP contribution in [0.2, 0.25) is 0 Å². The van der Waals surface area contributed by atoms with E-state index in [4.69, 9.17) is 0 Å². The Hall–Kier alpha value is -1.59. The van der Waals surface area contributed by atoms with Crippen molar-refractivity contribution in [1.29, 1.82) is 0 Å². The van der Waals surface area contributed by atoms with Crippen LogP contribution in [0.3, 0.4) is 0 Å². The minimum Gasteiger partial charge on any atom is -0.390 e. The Kier molecular flexibility index (Phi) is 5.88. The zero-order valence-corrected chi connectivity index (χ0v) is 16.4. The van der Waals surface area contributed by atoms with Gasteiger partial charge in [-0.2, -0.15) is 0 Å². The second kappa shape index (κ2) is 7.97. The summed E-state index contributed by atoms with van der Waals surface area (Å²) in [5, 5.41) is 10.3. The quantitative estimate of drug-likeness (QED) is 0.895. The van der Waals surface area contributed by atoms with Crippen molar-refractivity contribution >= 4 is 11.6 Å². The molecule has 0 radical (unpaired) electrons. The number of carbonyl (C=O) groups excluding carboxylic acids is 1. The van der Waals surface area contributed by atoms with Crippen molar-refractivity contribution in [3.63, 3.8) is 0 Å². The fraction of sp³-hybridized carbons (Fsp3) is 0.667. The van der Waals surface area contributed by atoms with Gasteiger partial charge in [0.05, 0.1) is 5.60 Å². The highest BCUT2D eigenvalue weighted by molar-refractivity contribution is 5.76. The van der Waals surface area contributed by atoms with Gasteiger partial charge in [0.15, 0.2) is 0 Å². The summed E-state index contributed by atoms with van der Waals surface area (Å²) < 4.78 is 0. The van der Waals surface area contributed by atoms with Crippen LogP contribution in [0.25, 0.3) is 0 Å². The molecule has 1 aromatic carbocycles. The molecular weight excluding hydrogens is 326 g/mol. The van der Waals surface area contributed by atoms with E-state index in [1.54, 1.807) is 0 Å². The molecule has 0 saturated carbocycles. The molecule has 0 aliphatic carbocycles. The summed E-state index contributed by atoms with van der Waals surface area (Å²) in [6.45, 7) is 12.3. The summed E-state index contributed by atoms with van der Waals surface area (Å²) in [7, 11) is 0. The Labute approximate surface area is 157 Å². The van der Waals surface area contributed by atoms with Crippen LogP contribution in [0.4, 0.5) is 5.69 Å². The number of nitrogens with zero attached hydrogens (tertiary/aromatic N) is 3. The molecule has 2 saturated heterocycles. The van der Waals surface area contributed by atoms with Crippen molar-refractivity contribution < 1.29 is 9.90 Å². The lowest BCUT2D eigenvalue weighted by Crippen LogP contribution is -2.52. The van der Waals surface area contributed by atoms with Gasteiger partial charge in [-0.1, -0.05) is 19.1 Å². The van der Waals surface area contributed by atoms with Crippen LogP contribution >= 0.6 is 0 Å². The highest BCUT2D eigenvalue weighted by Crippen LogP contribution is 2.27. The molecule has 3 rings (SSSR count). The number of piperazine rings is 1. The number of rotatable bonds is 4. The number of aryl methyl sites for hydroxylation is 1. The monoisotopic (exact) mass is 359 g/mol. The van der Waals surface area contributed by atoms with E-state index in [0.29, 0.717) is 25.9 Å². The van der Waals surface area contributed by atoms with Crippen molar-refractivity contribution in [2.24, 2.45) is 5.92 Å². The summed E-state index contributed by atoms with van der Waals surface area (Å²) in [5.41, 5.74) is 1.96. The molecule has 1 N–H and O–H groups in total. The van der Waals surface area contributed by atoms with Crippen LogP contribution in [-0.4, -0.2) is 72.2 Å². The summed E-state index contributed by atoms with van der Waals surface area (Å²) in [6, 6.07) is 8.67. The molecule has 2 aliphatic heterocycles. The Bertz CT molecular complexity index is 623. The highest BCUT2D eigenvalue weighted by Gasteiger charge is 2.36. The third kappa shape index (κ3) is 4.57. The Balaban J connectivity index is 1.42. The van der Waals surface area contributed by atoms with Gasteiger partial charge in [0.1, 0.15) is 0 Å². The van der Waals surface area contributed by atoms with E-state index >= 15 is 0 Å². The molecule has 5 nitrogen and oxygen atoms in total. The van der Waals surface area contributed by atoms with Gasteiger partial charge < -0.3 is 14.9 Å². The summed E-state index contributed by atoms with van der Waals surface area (Å²) in [5.74, 6) is 0.367. The van der Waals surface area contributed by atoms with Crippen molar-refractivity contribution in [1.82, 2.24) is 9.80 Å². The molecule has 2 atom stereocenters. The largest absolute Gasteiger partial charge is 0.390 e. The number of hydrogen-bond donors (Lipinski definition) is 1. The number of benzene rings is 1. The number of likely N-dealkylation sites (tertiary alicyclic amines) is 1. The highest BCUT2D eigenvalue weighted by atomic mass is 16.3. The lowest BCUT2D eigenvalue weighted by atomic mass is 9.84. The van der Waals surface area contributed by atoms with Gasteiger partial charge in [-0.3, -0.25) is 9.69 Å². The maximum atomic E-state index is 12.5. The number of carbonyl (C=O) groups is 1. The minimum absolute atomic E-state index is 0.137. The number of piperidine rings is 1. The van der Waals surface area contributed by atoms with Crippen molar-refractivity contribution in [2.75, 3.05) is 50.7 Å². The average Bonchev–Trinajstić information content (AvgIpc) is 2.62. The number of amides is 1. The van der Waals surface area contributed by atoms with Crippen molar-refractivity contribution in [2.45, 2.75) is 39.2 Å². The van der Waals surface area contributed by atoms with Crippen molar-refractivity contribution in [3.8, 4) is 0 Å². The first-order valence-electron chi connectivity index (χ1n) is 9.89. The molecule has 0 spiro atoms. The van der Waals surface area contributed by atoms with Gasteiger partial charge in [0.2, 0.25) is 5.91 Å². The summed E-state index contributed by atoms with van der Waals surface area (Å²) in [6.07, 6.45) is 1.26. The maximum absolute atomic E-state index is 12.5. The first kappa shape index (κ1) is 19.2. The van der Waals surface area contributed by atoms with Crippen LogP contribution < -0.4 is 4.90 Å². The smallest absolute Gasteiger partial charge is 0.223 e. The van der Waals surface area contributed by atoms with Crippen LogP contribution in [0.15, 0.2) is 24.3 Å². The third-order valence-corrected chi connectivity index (χ3v) is 6.18. The number of hydrogen-bond acceptors (Lipinski definition) is 4. The molecule has 0 bridgehead atoms. The zero-order valence-electron chi connectivity index (χ0n) is 16.4. The lowest BCUT2D eigenvalue weighted by Gasteiger charge is -2.41.